The second-order valence-corrected chi connectivity index (χ2v) is 9.41. The summed E-state index contributed by atoms with van der Waals surface area (Å²) in [6.45, 7) is 4.27. The number of aryl methyl sites for hydroxylation is 2. The van der Waals surface area contributed by atoms with Crippen LogP contribution in [-0.2, 0) is 10.2 Å². The molecular weight excluding hydrogens is 438 g/mol. The summed E-state index contributed by atoms with van der Waals surface area (Å²) in [5, 5.41) is 13.9. The highest BCUT2D eigenvalue weighted by Gasteiger charge is 2.51. The van der Waals surface area contributed by atoms with Gasteiger partial charge in [0.05, 0.1) is 0 Å². The third-order valence-corrected chi connectivity index (χ3v) is 7.72. The number of rotatable bonds is 3. The molecule has 0 radical (unpaired) electrons. The predicted molar refractivity (Wildman–Crippen MR) is 118 cm³/mol. The molecule has 4 rings (SSSR count). The van der Waals surface area contributed by atoms with Crippen molar-refractivity contribution in [2.75, 3.05) is 5.32 Å². The molecule has 3 nitrogen and oxygen atoms in total. The predicted octanol–water partition coefficient (Wildman–Crippen LogP) is 6.45. The van der Waals surface area contributed by atoms with E-state index in [0.29, 0.717) is 17.9 Å². The molecule has 0 aliphatic heterocycles. The standard InChI is InChI=1S/C23H23BrClNO2/c1-14-10-16-12-20(24)22(19(16)11-15(14)2)6-8-23(9-7-22,21(27)28)26-18-5-3-4-17(25)13-18/h3-5,10-13,26H,6-9H2,1-2H3,(H,27,28). The van der Waals surface area contributed by atoms with Crippen LogP contribution in [0.5, 0.6) is 0 Å². The van der Waals surface area contributed by atoms with Gasteiger partial charge in [-0.1, -0.05) is 45.7 Å². The van der Waals surface area contributed by atoms with Crippen LogP contribution in [0.3, 0.4) is 0 Å². The van der Waals surface area contributed by atoms with Crippen molar-refractivity contribution in [2.45, 2.75) is 50.5 Å². The Labute approximate surface area is 178 Å². The van der Waals surface area contributed by atoms with Crippen LogP contribution in [-0.4, -0.2) is 16.6 Å². The Balaban J connectivity index is 1.65. The van der Waals surface area contributed by atoms with Crippen LogP contribution < -0.4 is 5.32 Å². The van der Waals surface area contributed by atoms with Crippen molar-refractivity contribution in [1.29, 1.82) is 0 Å². The molecule has 5 heteroatoms. The van der Waals surface area contributed by atoms with E-state index in [-0.39, 0.29) is 5.41 Å². The first-order chi connectivity index (χ1) is 13.3. The average molecular weight is 461 g/mol. The molecule has 1 spiro atoms. The van der Waals surface area contributed by atoms with Crippen LogP contribution in [0.1, 0.15) is 47.9 Å². The lowest BCUT2D eigenvalue weighted by Crippen LogP contribution is -2.52. The molecule has 146 valence electrons. The number of carbonyl (C=O) groups is 1. The summed E-state index contributed by atoms with van der Waals surface area (Å²) in [5.41, 5.74) is 4.78. The number of hydrogen-bond acceptors (Lipinski definition) is 2. The summed E-state index contributed by atoms with van der Waals surface area (Å²) < 4.78 is 1.17. The Morgan fingerprint density at radius 3 is 2.43 bits per heavy atom. The van der Waals surface area contributed by atoms with Gasteiger partial charge < -0.3 is 10.4 Å². The van der Waals surface area contributed by atoms with E-state index < -0.39 is 11.5 Å². The first kappa shape index (κ1) is 19.5. The normalized spacial score (nSPS) is 26.1. The van der Waals surface area contributed by atoms with Gasteiger partial charge in [-0.3, -0.25) is 0 Å². The first-order valence-corrected chi connectivity index (χ1v) is 10.7. The minimum absolute atomic E-state index is 0.122. The second-order valence-electron chi connectivity index (χ2n) is 8.12. The Morgan fingerprint density at radius 2 is 1.79 bits per heavy atom. The van der Waals surface area contributed by atoms with Crippen molar-refractivity contribution >= 4 is 45.3 Å². The van der Waals surface area contributed by atoms with Crippen LogP contribution in [0.15, 0.2) is 40.9 Å². The molecule has 2 aromatic rings. The molecule has 1 fully saturated rings. The zero-order chi connectivity index (χ0) is 20.1. The highest BCUT2D eigenvalue weighted by atomic mass is 79.9. The number of aliphatic carboxylic acids is 1. The van der Waals surface area contributed by atoms with Gasteiger partial charge in [-0.15, -0.1) is 0 Å². The van der Waals surface area contributed by atoms with Crippen LogP contribution >= 0.6 is 27.5 Å². The van der Waals surface area contributed by atoms with Gasteiger partial charge in [0.15, 0.2) is 0 Å². The van der Waals surface area contributed by atoms with E-state index in [1.54, 1.807) is 12.1 Å². The lowest BCUT2D eigenvalue weighted by Gasteiger charge is -2.44. The summed E-state index contributed by atoms with van der Waals surface area (Å²) in [7, 11) is 0. The van der Waals surface area contributed by atoms with Crippen LogP contribution in [0, 0.1) is 13.8 Å². The van der Waals surface area contributed by atoms with Crippen molar-refractivity contribution in [3.63, 3.8) is 0 Å². The summed E-state index contributed by atoms with van der Waals surface area (Å²) in [5.74, 6) is -0.805. The Bertz CT molecular complexity index is 990. The molecular formula is C23H23BrClNO2. The van der Waals surface area contributed by atoms with E-state index in [1.807, 2.05) is 12.1 Å². The Hall–Kier alpha value is -1.78. The van der Waals surface area contributed by atoms with Crippen molar-refractivity contribution in [3.8, 4) is 0 Å². The minimum atomic E-state index is -0.980. The fraction of sp³-hybridized carbons (Fsp3) is 0.348. The van der Waals surface area contributed by atoms with E-state index in [1.165, 1.54) is 26.7 Å². The Kier molecular flexibility index (Phi) is 4.83. The number of allylic oxidation sites excluding steroid dienone is 1. The maximum atomic E-state index is 12.3. The molecule has 0 saturated heterocycles. The lowest BCUT2D eigenvalue weighted by molar-refractivity contribution is -0.143. The molecule has 0 atom stereocenters. The third-order valence-electron chi connectivity index (χ3n) is 6.50. The topological polar surface area (TPSA) is 49.3 Å². The number of nitrogens with one attached hydrogen (secondary N) is 1. The van der Waals surface area contributed by atoms with Gasteiger partial charge in [0.2, 0.25) is 0 Å². The zero-order valence-corrected chi connectivity index (χ0v) is 18.3. The lowest BCUT2D eigenvalue weighted by atomic mass is 9.65. The number of carboxylic acids is 1. The monoisotopic (exact) mass is 459 g/mol. The van der Waals surface area contributed by atoms with Gasteiger partial charge in [0, 0.05) is 20.6 Å². The van der Waals surface area contributed by atoms with Crippen LogP contribution in [0.4, 0.5) is 5.69 Å². The fourth-order valence-electron chi connectivity index (χ4n) is 4.62. The highest BCUT2D eigenvalue weighted by molar-refractivity contribution is 9.11. The third kappa shape index (κ3) is 3.07. The van der Waals surface area contributed by atoms with E-state index in [9.17, 15) is 9.90 Å². The summed E-state index contributed by atoms with van der Waals surface area (Å²) in [6.07, 6.45) is 4.85. The molecule has 0 amide bonds. The van der Waals surface area contributed by atoms with E-state index in [0.717, 1.165) is 18.5 Å². The van der Waals surface area contributed by atoms with Crippen molar-refractivity contribution in [3.05, 3.63) is 68.2 Å². The van der Waals surface area contributed by atoms with Crippen molar-refractivity contribution < 1.29 is 9.90 Å². The quantitative estimate of drug-likeness (QED) is 0.553. The molecule has 1 saturated carbocycles. The van der Waals surface area contributed by atoms with Gasteiger partial charge in [-0.05, 0) is 86.1 Å². The smallest absolute Gasteiger partial charge is 0.329 e. The molecule has 28 heavy (non-hydrogen) atoms. The van der Waals surface area contributed by atoms with Gasteiger partial charge in [-0.25, -0.2) is 4.79 Å². The van der Waals surface area contributed by atoms with Crippen LogP contribution in [0.25, 0.3) is 6.08 Å². The maximum Gasteiger partial charge on any atom is 0.329 e. The Morgan fingerprint density at radius 1 is 1.11 bits per heavy atom. The molecule has 2 aromatic carbocycles. The summed E-state index contributed by atoms with van der Waals surface area (Å²) in [6, 6.07) is 11.8. The van der Waals surface area contributed by atoms with Crippen molar-refractivity contribution in [1.82, 2.24) is 0 Å². The minimum Gasteiger partial charge on any atom is -0.480 e. The second kappa shape index (κ2) is 6.93. The van der Waals surface area contributed by atoms with Gasteiger partial charge in [0.1, 0.15) is 5.54 Å². The number of carboxylic acid groups (broad SMARTS) is 1. The van der Waals surface area contributed by atoms with E-state index >= 15 is 0 Å². The van der Waals surface area contributed by atoms with Crippen LogP contribution in [0.2, 0.25) is 5.02 Å². The number of anilines is 1. The zero-order valence-electron chi connectivity index (χ0n) is 16.0. The molecule has 2 N–H and O–H groups in total. The fourth-order valence-corrected chi connectivity index (χ4v) is 5.67. The molecule has 0 bridgehead atoms. The molecule has 2 aliphatic carbocycles. The number of benzene rings is 2. The maximum absolute atomic E-state index is 12.3. The van der Waals surface area contributed by atoms with Crippen molar-refractivity contribution in [2.24, 2.45) is 0 Å². The molecule has 0 aromatic heterocycles. The molecule has 0 heterocycles. The average Bonchev–Trinajstić information content (AvgIpc) is 2.89. The van der Waals surface area contributed by atoms with E-state index in [2.05, 4.69) is 53.3 Å². The SMILES string of the molecule is Cc1cc2c(cc1C)C1(CCC(Nc3cccc(Cl)c3)(C(=O)O)CC1)C(Br)=C2. The summed E-state index contributed by atoms with van der Waals surface area (Å²) in [4.78, 5) is 12.3. The number of hydrogen-bond donors (Lipinski definition) is 2. The van der Waals surface area contributed by atoms with Gasteiger partial charge >= 0.3 is 5.97 Å². The first-order valence-electron chi connectivity index (χ1n) is 9.52. The summed E-state index contributed by atoms with van der Waals surface area (Å²) >= 11 is 9.90. The largest absolute Gasteiger partial charge is 0.480 e. The number of fused-ring (bicyclic) bond motifs is 2. The highest BCUT2D eigenvalue weighted by Crippen LogP contribution is 2.55. The van der Waals surface area contributed by atoms with Gasteiger partial charge in [-0.2, -0.15) is 0 Å². The molecule has 2 aliphatic rings. The van der Waals surface area contributed by atoms with Gasteiger partial charge in [0.25, 0.3) is 0 Å². The molecule has 0 unspecified atom stereocenters. The van der Waals surface area contributed by atoms with E-state index in [4.69, 9.17) is 11.6 Å². The number of halogens is 2.